The van der Waals surface area contributed by atoms with Gasteiger partial charge in [-0.1, -0.05) is 35.9 Å². The second-order valence-electron chi connectivity index (χ2n) is 7.06. The Balaban J connectivity index is 1.74. The molecule has 2 aromatic carbocycles. The van der Waals surface area contributed by atoms with E-state index in [0.717, 1.165) is 11.1 Å². The SMILES string of the molecule is COc1ccc(C)cc1S(=O)(=O)N1CCC(C(=O)c2ccc(C)cc2)CC1. The zero-order chi connectivity index (χ0) is 19.6. The summed E-state index contributed by atoms with van der Waals surface area (Å²) in [7, 11) is -2.18. The lowest BCUT2D eigenvalue weighted by Gasteiger charge is -2.31. The van der Waals surface area contributed by atoms with Crippen LogP contribution in [0.3, 0.4) is 0 Å². The first kappa shape index (κ1) is 19.6. The molecule has 0 saturated carbocycles. The third kappa shape index (κ3) is 4.06. The van der Waals surface area contributed by atoms with Crippen LogP contribution in [0.1, 0.15) is 34.3 Å². The van der Waals surface area contributed by atoms with E-state index in [-0.39, 0.29) is 16.6 Å². The lowest BCUT2D eigenvalue weighted by molar-refractivity contribution is 0.0875. The van der Waals surface area contributed by atoms with Crippen molar-refractivity contribution in [3.63, 3.8) is 0 Å². The number of sulfonamides is 1. The number of aryl methyl sites for hydroxylation is 2. The maximum Gasteiger partial charge on any atom is 0.246 e. The molecule has 0 atom stereocenters. The van der Waals surface area contributed by atoms with E-state index in [1.165, 1.54) is 11.4 Å². The van der Waals surface area contributed by atoms with Gasteiger partial charge in [0.2, 0.25) is 10.0 Å². The molecule has 0 spiro atoms. The fourth-order valence-electron chi connectivity index (χ4n) is 3.44. The lowest BCUT2D eigenvalue weighted by Crippen LogP contribution is -2.40. The molecule has 1 saturated heterocycles. The summed E-state index contributed by atoms with van der Waals surface area (Å²) in [5, 5.41) is 0. The molecule has 1 aliphatic heterocycles. The largest absolute Gasteiger partial charge is 0.495 e. The fraction of sp³-hybridized carbons (Fsp3) is 0.381. The number of Topliss-reactive ketones (excluding diaryl/α,β-unsaturated/α-hetero) is 1. The van der Waals surface area contributed by atoms with Crippen LogP contribution < -0.4 is 4.74 Å². The van der Waals surface area contributed by atoms with Crippen LogP contribution in [0.25, 0.3) is 0 Å². The third-order valence-corrected chi connectivity index (χ3v) is 7.02. The zero-order valence-electron chi connectivity index (χ0n) is 15.9. The number of carbonyl (C=O) groups excluding carboxylic acids is 1. The summed E-state index contributed by atoms with van der Waals surface area (Å²) < 4.78 is 32.8. The number of rotatable bonds is 5. The van der Waals surface area contributed by atoms with Crippen molar-refractivity contribution in [1.29, 1.82) is 0 Å². The van der Waals surface area contributed by atoms with Gasteiger partial charge in [0.05, 0.1) is 7.11 Å². The van der Waals surface area contributed by atoms with E-state index in [1.54, 1.807) is 12.1 Å². The van der Waals surface area contributed by atoms with Crippen molar-refractivity contribution < 1.29 is 17.9 Å². The van der Waals surface area contributed by atoms with Gasteiger partial charge in [-0.3, -0.25) is 4.79 Å². The number of ether oxygens (including phenoxy) is 1. The van der Waals surface area contributed by atoms with Crippen LogP contribution in [0.5, 0.6) is 5.75 Å². The summed E-state index contributed by atoms with van der Waals surface area (Å²) >= 11 is 0. The van der Waals surface area contributed by atoms with Gasteiger partial charge < -0.3 is 4.74 Å². The molecule has 0 bridgehead atoms. The second-order valence-corrected chi connectivity index (χ2v) is 8.97. The van der Waals surface area contributed by atoms with Gasteiger partial charge in [-0.25, -0.2) is 8.42 Å². The number of nitrogens with zero attached hydrogens (tertiary/aromatic N) is 1. The van der Waals surface area contributed by atoms with Gasteiger partial charge in [-0.15, -0.1) is 0 Å². The highest BCUT2D eigenvalue weighted by atomic mass is 32.2. The Morgan fingerprint density at radius 3 is 2.19 bits per heavy atom. The van der Waals surface area contributed by atoms with Gasteiger partial charge >= 0.3 is 0 Å². The van der Waals surface area contributed by atoms with Crippen molar-refractivity contribution in [3.05, 3.63) is 59.2 Å². The maximum atomic E-state index is 13.1. The minimum Gasteiger partial charge on any atom is -0.495 e. The van der Waals surface area contributed by atoms with Crippen molar-refractivity contribution in [2.24, 2.45) is 5.92 Å². The Morgan fingerprint density at radius 1 is 1.00 bits per heavy atom. The number of benzene rings is 2. The molecule has 1 aliphatic rings. The molecule has 6 heteroatoms. The molecule has 0 aromatic heterocycles. The topological polar surface area (TPSA) is 63.7 Å². The molecule has 144 valence electrons. The molecule has 2 aromatic rings. The van der Waals surface area contributed by atoms with Crippen LogP contribution in [0.2, 0.25) is 0 Å². The van der Waals surface area contributed by atoms with Crippen LogP contribution in [0.15, 0.2) is 47.4 Å². The van der Waals surface area contributed by atoms with Crippen molar-refractivity contribution >= 4 is 15.8 Å². The standard InChI is InChI=1S/C21H25NO4S/c1-15-4-7-17(8-5-15)21(23)18-10-12-22(13-11-18)27(24,25)20-14-16(2)6-9-19(20)26-3/h4-9,14,18H,10-13H2,1-3H3. The highest BCUT2D eigenvalue weighted by molar-refractivity contribution is 7.89. The van der Waals surface area contributed by atoms with Crippen molar-refractivity contribution in [3.8, 4) is 5.75 Å². The normalized spacial score (nSPS) is 16.3. The molecule has 0 radical (unpaired) electrons. The third-order valence-electron chi connectivity index (χ3n) is 5.10. The molecule has 0 N–H and O–H groups in total. The molecular weight excluding hydrogens is 362 g/mol. The average Bonchev–Trinajstić information content (AvgIpc) is 2.68. The quantitative estimate of drug-likeness (QED) is 0.736. The van der Waals surface area contributed by atoms with E-state index >= 15 is 0 Å². The summed E-state index contributed by atoms with van der Waals surface area (Å²) in [6, 6.07) is 12.7. The van der Waals surface area contributed by atoms with Crippen LogP contribution in [0.4, 0.5) is 0 Å². The molecule has 0 unspecified atom stereocenters. The van der Waals surface area contributed by atoms with E-state index in [4.69, 9.17) is 4.74 Å². The van der Waals surface area contributed by atoms with Crippen LogP contribution in [-0.4, -0.2) is 38.7 Å². The fourth-order valence-corrected chi connectivity index (χ4v) is 5.15. The first-order chi connectivity index (χ1) is 12.8. The number of piperidine rings is 1. The number of methoxy groups -OCH3 is 1. The van der Waals surface area contributed by atoms with Gasteiger partial charge in [0.25, 0.3) is 0 Å². The average molecular weight is 388 g/mol. The van der Waals surface area contributed by atoms with Crippen molar-refractivity contribution in [1.82, 2.24) is 4.31 Å². The van der Waals surface area contributed by atoms with E-state index in [9.17, 15) is 13.2 Å². The summed E-state index contributed by atoms with van der Waals surface area (Å²) in [4.78, 5) is 12.9. The van der Waals surface area contributed by atoms with E-state index in [2.05, 4.69) is 0 Å². The van der Waals surface area contributed by atoms with E-state index in [0.29, 0.717) is 37.2 Å². The van der Waals surface area contributed by atoms with Gasteiger partial charge in [-0.05, 0) is 44.4 Å². The van der Waals surface area contributed by atoms with Gasteiger partial charge in [0, 0.05) is 24.6 Å². The van der Waals surface area contributed by atoms with E-state index < -0.39 is 10.0 Å². The predicted octanol–water partition coefficient (Wildman–Crippen LogP) is 3.60. The minimum atomic E-state index is -3.65. The van der Waals surface area contributed by atoms with Gasteiger partial charge in [-0.2, -0.15) is 4.31 Å². The highest BCUT2D eigenvalue weighted by Crippen LogP contribution is 2.31. The first-order valence-electron chi connectivity index (χ1n) is 9.08. The number of ketones is 1. The smallest absolute Gasteiger partial charge is 0.246 e. The lowest BCUT2D eigenvalue weighted by atomic mass is 9.89. The van der Waals surface area contributed by atoms with Crippen LogP contribution in [-0.2, 0) is 10.0 Å². The molecule has 1 fully saturated rings. The molecule has 1 heterocycles. The van der Waals surface area contributed by atoms with Crippen LogP contribution in [0, 0.1) is 19.8 Å². The molecule has 3 rings (SSSR count). The molecular formula is C21H25NO4S. The maximum absolute atomic E-state index is 13.1. The molecule has 5 nitrogen and oxygen atoms in total. The Bertz CT molecular complexity index is 927. The minimum absolute atomic E-state index is 0.0974. The van der Waals surface area contributed by atoms with Gasteiger partial charge in [0.1, 0.15) is 10.6 Å². The number of carbonyl (C=O) groups is 1. The number of hydrogen-bond acceptors (Lipinski definition) is 4. The zero-order valence-corrected chi connectivity index (χ0v) is 16.8. The molecule has 0 amide bonds. The Hall–Kier alpha value is -2.18. The van der Waals surface area contributed by atoms with E-state index in [1.807, 2.05) is 44.2 Å². The summed E-state index contributed by atoms with van der Waals surface area (Å²) in [6.07, 6.45) is 1.06. The predicted molar refractivity (Wildman–Crippen MR) is 105 cm³/mol. The number of hydrogen-bond donors (Lipinski definition) is 0. The van der Waals surface area contributed by atoms with Crippen molar-refractivity contribution in [2.75, 3.05) is 20.2 Å². The Kier molecular flexibility index (Phi) is 5.67. The molecule has 27 heavy (non-hydrogen) atoms. The highest BCUT2D eigenvalue weighted by Gasteiger charge is 2.33. The molecule has 0 aliphatic carbocycles. The Morgan fingerprint density at radius 2 is 1.59 bits per heavy atom. The summed E-state index contributed by atoms with van der Waals surface area (Å²) in [5.74, 6) is 0.303. The van der Waals surface area contributed by atoms with Gasteiger partial charge in [0.15, 0.2) is 5.78 Å². The van der Waals surface area contributed by atoms with Crippen molar-refractivity contribution in [2.45, 2.75) is 31.6 Å². The Labute approximate surface area is 161 Å². The monoisotopic (exact) mass is 387 g/mol. The van der Waals surface area contributed by atoms with Crippen LogP contribution >= 0.6 is 0 Å². The first-order valence-corrected chi connectivity index (χ1v) is 10.5. The summed E-state index contributed by atoms with van der Waals surface area (Å²) in [5.41, 5.74) is 2.67. The summed E-state index contributed by atoms with van der Waals surface area (Å²) in [6.45, 7) is 4.51. The second kappa shape index (κ2) is 7.82.